The summed E-state index contributed by atoms with van der Waals surface area (Å²) in [5.41, 5.74) is 0.558. The highest BCUT2D eigenvalue weighted by Crippen LogP contribution is 2.10. The van der Waals surface area contributed by atoms with E-state index in [1.54, 1.807) is 24.3 Å². The zero-order valence-corrected chi connectivity index (χ0v) is 14.4. The first-order valence-electron chi connectivity index (χ1n) is 7.94. The van der Waals surface area contributed by atoms with Crippen molar-refractivity contribution in [2.75, 3.05) is 13.7 Å². The van der Waals surface area contributed by atoms with E-state index in [4.69, 9.17) is 4.74 Å². The van der Waals surface area contributed by atoms with Crippen molar-refractivity contribution in [2.45, 2.75) is 12.5 Å². The lowest BCUT2D eigenvalue weighted by Crippen LogP contribution is -2.44. The third-order valence-electron chi connectivity index (χ3n) is 3.59. The fourth-order valence-electron chi connectivity index (χ4n) is 2.26. The molecular weight excluding hydrogens is 360 g/mol. The Balaban J connectivity index is 1.93. The highest BCUT2D eigenvalue weighted by Gasteiger charge is 2.22. The summed E-state index contributed by atoms with van der Waals surface area (Å²) in [7, 11) is 1.19. The Hall–Kier alpha value is -3.29. The second-order valence-electron chi connectivity index (χ2n) is 5.54. The van der Waals surface area contributed by atoms with Crippen molar-refractivity contribution in [3.63, 3.8) is 0 Å². The van der Waals surface area contributed by atoms with Crippen LogP contribution in [0.4, 0.5) is 8.78 Å². The maximum absolute atomic E-state index is 13.1. The second-order valence-corrected chi connectivity index (χ2v) is 5.54. The van der Waals surface area contributed by atoms with Gasteiger partial charge >= 0.3 is 11.9 Å². The Labute approximate surface area is 154 Å². The van der Waals surface area contributed by atoms with E-state index in [-0.39, 0.29) is 12.0 Å². The Morgan fingerprint density at radius 2 is 1.74 bits per heavy atom. The smallest absolute Gasteiger partial charge is 0.338 e. The molecule has 0 unspecified atom stereocenters. The fourth-order valence-corrected chi connectivity index (χ4v) is 2.26. The van der Waals surface area contributed by atoms with Gasteiger partial charge in [-0.05, 0) is 23.8 Å². The molecule has 0 spiro atoms. The van der Waals surface area contributed by atoms with Gasteiger partial charge in [0.2, 0.25) is 0 Å². The third-order valence-corrected chi connectivity index (χ3v) is 3.59. The largest absolute Gasteiger partial charge is 0.467 e. The molecule has 1 atom stereocenters. The van der Waals surface area contributed by atoms with Crippen LogP contribution in [0.3, 0.4) is 0 Å². The van der Waals surface area contributed by atoms with E-state index in [2.05, 4.69) is 10.1 Å². The van der Waals surface area contributed by atoms with Crippen LogP contribution >= 0.6 is 0 Å². The number of methoxy groups -OCH3 is 1. The van der Waals surface area contributed by atoms with E-state index < -0.39 is 42.1 Å². The minimum Gasteiger partial charge on any atom is -0.467 e. The van der Waals surface area contributed by atoms with E-state index in [9.17, 15) is 23.2 Å². The molecule has 0 saturated carbocycles. The van der Waals surface area contributed by atoms with Crippen LogP contribution in [0.2, 0.25) is 0 Å². The molecule has 0 saturated heterocycles. The molecule has 27 heavy (non-hydrogen) atoms. The predicted octanol–water partition coefficient (Wildman–Crippen LogP) is 2.02. The molecule has 0 aromatic heterocycles. The lowest BCUT2D eigenvalue weighted by Gasteiger charge is -2.16. The number of nitrogens with one attached hydrogen (secondary N) is 1. The van der Waals surface area contributed by atoms with Gasteiger partial charge in [-0.15, -0.1) is 0 Å². The summed E-state index contributed by atoms with van der Waals surface area (Å²) in [5, 5.41) is 2.42. The van der Waals surface area contributed by atoms with Gasteiger partial charge in [-0.1, -0.05) is 30.3 Å². The zero-order valence-electron chi connectivity index (χ0n) is 14.4. The van der Waals surface area contributed by atoms with E-state index in [0.717, 1.165) is 17.7 Å². The van der Waals surface area contributed by atoms with Crippen LogP contribution < -0.4 is 5.32 Å². The first kappa shape index (κ1) is 20.0. The number of esters is 2. The van der Waals surface area contributed by atoms with E-state index in [1.807, 2.05) is 6.07 Å². The number of ether oxygens (including phenoxy) is 2. The van der Waals surface area contributed by atoms with E-state index >= 15 is 0 Å². The molecule has 6 nitrogen and oxygen atoms in total. The lowest BCUT2D eigenvalue weighted by molar-refractivity contribution is -0.145. The summed E-state index contributed by atoms with van der Waals surface area (Å²) < 4.78 is 35.4. The molecule has 0 fully saturated rings. The second kappa shape index (κ2) is 9.42. The Morgan fingerprint density at radius 1 is 1.04 bits per heavy atom. The zero-order chi connectivity index (χ0) is 19.8. The van der Waals surface area contributed by atoms with Crippen LogP contribution in [0, 0.1) is 11.6 Å². The monoisotopic (exact) mass is 377 g/mol. The lowest BCUT2D eigenvalue weighted by atomic mass is 10.1. The molecule has 0 bridgehead atoms. The van der Waals surface area contributed by atoms with Gasteiger partial charge < -0.3 is 14.8 Å². The molecule has 2 aromatic carbocycles. The average Bonchev–Trinajstić information content (AvgIpc) is 2.67. The van der Waals surface area contributed by atoms with Crippen molar-refractivity contribution < 1.29 is 32.6 Å². The normalized spacial score (nSPS) is 11.4. The molecular formula is C19H17F2NO5. The highest BCUT2D eigenvalue weighted by molar-refractivity contribution is 5.92. The Bertz CT molecular complexity index is 826. The first-order valence-corrected chi connectivity index (χ1v) is 7.94. The molecule has 1 amide bonds. The van der Waals surface area contributed by atoms with Crippen LogP contribution in [0.15, 0.2) is 48.5 Å². The van der Waals surface area contributed by atoms with Crippen molar-refractivity contribution in [3.05, 3.63) is 71.3 Å². The van der Waals surface area contributed by atoms with Crippen molar-refractivity contribution in [1.29, 1.82) is 0 Å². The molecule has 8 heteroatoms. The number of carbonyl (C=O) groups excluding carboxylic acids is 3. The minimum atomic E-state index is -1.21. The molecule has 142 valence electrons. The van der Waals surface area contributed by atoms with Crippen molar-refractivity contribution in [3.8, 4) is 0 Å². The number of halogens is 2. The number of rotatable bonds is 7. The first-order chi connectivity index (χ1) is 12.9. The summed E-state index contributed by atoms with van der Waals surface area (Å²) in [4.78, 5) is 35.6. The molecule has 0 aliphatic carbocycles. The van der Waals surface area contributed by atoms with Crippen molar-refractivity contribution >= 4 is 17.8 Å². The Morgan fingerprint density at radius 3 is 2.37 bits per heavy atom. The van der Waals surface area contributed by atoms with Gasteiger partial charge in [0.25, 0.3) is 5.91 Å². The van der Waals surface area contributed by atoms with Crippen molar-refractivity contribution in [2.24, 2.45) is 0 Å². The number of carbonyl (C=O) groups is 3. The van der Waals surface area contributed by atoms with E-state index in [0.29, 0.717) is 6.07 Å². The summed E-state index contributed by atoms with van der Waals surface area (Å²) in [6.45, 7) is -0.694. The molecule has 0 heterocycles. The summed E-state index contributed by atoms with van der Waals surface area (Å²) >= 11 is 0. The highest BCUT2D eigenvalue weighted by atomic mass is 19.2. The molecule has 0 radical (unpaired) electrons. The van der Waals surface area contributed by atoms with Crippen LogP contribution in [-0.2, 0) is 25.5 Å². The van der Waals surface area contributed by atoms with Gasteiger partial charge in [-0.25, -0.2) is 18.4 Å². The van der Waals surface area contributed by atoms with Gasteiger partial charge in [0.05, 0.1) is 12.7 Å². The molecule has 2 aromatic rings. The Kier molecular flexibility index (Phi) is 6.99. The third kappa shape index (κ3) is 5.88. The molecule has 0 aliphatic rings. The van der Waals surface area contributed by atoms with Gasteiger partial charge in [0.15, 0.2) is 18.2 Å². The maximum atomic E-state index is 13.1. The summed E-state index contributed by atoms with van der Waals surface area (Å²) in [6, 6.07) is 10.5. The van der Waals surface area contributed by atoms with Crippen LogP contribution in [0.1, 0.15) is 15.9 Å². The van der Waals surface area contributed by atoms with Crippen LogP contribution in [0.25, 0.3) is 0 Å². The maximum Gasteiger partial charge on any atom is 0.338 e. The topological polar surface area (TPSA) is 81.7 Å². The fraction of sp³-hybridized carbons (Fsp3) is 0.211. The quantitative estimate of drug-likeness (QED) is 0.747. The SMILES string of the molecule is COC(=O)[C@@H](Cc1ccccc1)NC(=O)COC(=O)c1ccc(F)c(F)c1. The van der Waals surface area contributed by atoms with Crippen LogP contribution in [0.5, 0.6) is 0 Å². The van der Waals surface area contributed by atoms with Gasteiger partial charge in [-0.2, -0.15) is 0 Å². The summed E-state index contributed by atoms with van der Waals surface area (Å²) in [5.74, 6) is -4.70. The minimum absolute atomic E-state index is 0.191. The molecule has 1 N–H and O–H groups in total. The predicted molar refractivity (Wildman–Crippen MR) is 90.7 cm³/mol. The number of benzene rings is 2. The standard InChI is InChI=1S/C19H17F2NO5/c1-26-19(25)16(9-12-5-3-2-4-6-12)22-17(23)11-27-18(24)13-7-8-14(20)15(21)10-13/h2-8,10,16H,9,11H2,1H3,(H,22,23)/t16-/m1/s1. The van der Waals surface area contributed by atoms with Gasteiger partial charge in [0.1, 0.15) is 6.04 Å². The average molecular weight is 377 g/mol. The van der Waals surface area contributed by atoms with Gasteiger partial charge in [-0.3, -0.25) is 4.79 Å². The number of hydrogen-bond acceptors (Lipinski definition) is 5. The number of hydrogen-bond donors (Lipinski definition) is 1. The molecule has 0 aliphatic heterocycles. The molecule has 2 rings (SSSR count). The summed E-state index contributed by atoms with van der Waals surface area (Å²) in [6.07, 6.45) is 0.191. The number of amides is 1. The van der Waals surface area contributed by atoms with Gasteiger partial charge in [0, 0.05) is 6.42 Å². The van der Waals surface area contributed by atoms with Crippen LogP contribution in [-0.4, -0.2) is 37.6 Å². The van der Waals surface area contributed by atoms with E-state index in [1.165, 1.54) is 7.11 Å². The van der Waals surface area contributed by atoms with Crippen molar-refractivity contribution in [1.82, 2.24) is 5.32 Å².